The number of hydrogen-bond acceptors (Lipinski definition) is 5. The summed E-state index contributed by atoms with van der Waals surface area (Å²) in [6.45, 7) is 2.97. The van der Waals surface area contributed by atoms with Crippen LogP contribution in [0.4, 0.5) is 0 Å². The molecule has 1 amide bonds. The predicted octanol–water partition coefficient (Wildman–Crippen LogP) is 5.37. The van der Waals surface area contributed by atoms with Crippen molar-refractivity contribution in [1.29, 1.82) is 0 Å². The van der Waals surface area contributed by atoms with Gasteiger partial charge in [-0.05, 0) is 60.2 Å². The minimum absolute atomic E-state index is 0.120. The molecule has 4 aromatic rings. The van der Waals surface area contributed by atoms with Crippen molar-refractivity contribution in [2.45, 2.75) is 44.7 Å². The molecule has 37 heavy (non-hydrogen) atoms. The van der Waals surface area contributed by atoms with E-state index in [9.17, 15) is 4.79 Å². The molecule has 8 heteroatoms. The van der Waals surface area contributed by atoms with E-state index in [0.717, 1.165) is 52.3 Å². The van der Waals surface area contributed by atoms with Crippen LogP contribution in [0, 0.1) is 0 Å². The zero-order chi connectivity index (χ0) is 24.9. The SMILES string of the molecule is O=C1NCCOc2cc(-c3n[nH]c4ncc(-c5cc(Cl)c6c(c5)CCN(C5CCCC5)C6)cc34)ccc21. The molecule has 2 aromatic heterocycles. The number of rotatable bonds is 3. The first-order chi connectivity index (χ1) is 18.1. The Hall–Kier alpha value is -3.42. The van der Waals surface area contributed by atoms with E-state index in [4.69, 9.17) is 16.3 Å². The molecule has 0 atom stereocenters. The van der Waals surface area contributed by atoms with E-state index in [-0.39, 0.29) is 5.91 Å². The number of nitrogens with one attached hydrogen (secondary N) is 2. The highest BCUT2D eigenvalue weighted by molar-refractivity contribution is 6.31. The van der Waals surface area contributed by atoms with Gasteiger partial charge >= 0.3 is 0 Å². The number of carbonyl (C=O) groups is 1. The van der Waals surface area contributed by atoms with E-state index in [2.05, 4.69) is 43.6 Å². The normalized spacial score (nSPS) is 18.2. The van der Waals surface area contributed by atoms with Gasteiger partial charge in [-0.2, -0.15) is 5.10 Å². The highest BCUT2D eigenvalue weighted by Crippen LogP contribution is 2.37. The van der Waals surface area contributed by atoms with Crippen molar-refractivity contribution in [3.8, 4) is 28.1 Å². The lowest BCUT2D eigenvalue weighted by Crippen LogP contribution is -2.37. The van der Waals surface area contributed by atoms with Crippen molar-refractivity contribution >= 4 is 28.5 Å². The lowest BCUT2D eigenvalue weighted by molar-refractivity contribution is 0.0957. The summed E-state index contributed by atoms with van der Waals surface area (Å²) in [7, 11) is 0. The molecule has 188 valence electrons. The highest BCUT2D eigenvalue weighted by Gasteiger charge is 2.27. The Kier molecular flexibility index (Phi) is 5.63. The van der Waals surface area contributed by atoms with Gasteiger partial charge in [-0.3, -0.25) is 14.8 Å². The summed E-state index contributed by atoms with van der Waals surface area (Å²) in [5, 5.41) is 12.2. The smallest absolute Gasteiger partial charge is 0.255 e. The molecule has 0 saturated heterocycles. The van der Waals surface area contributed by atoms with Gasteiger partial charge in [0, 0.05) is 46.9 Å². The van der Waals surface area contributed by atoms with Gasteiger partial charge in [0.05, 0.1) is 12.1 Å². The Morgan fingerprint density at radius 1 is 1.05 bits per heavy atom. The molecule has 1 saturated carbocycles. The first kappa shape index (κ1) is 22.8. The maximum absolute atomic E-state index is 12.3. The lowest BCUT2D eigenvalue weighted by atomic mass is 9.93. The summed E-state index contributed by atoms with van der Waals surface area (Å²) in [6, 6.07) is 12.8. The summed E-state index contributed by atoms with van der Waals surface area (Å²) in [6.07, 6.45) is 8.22. The molecule has 4 heterocycles. The molecule has 0 bridgehead atoms. The van der Waals surface area contributed by atoms with Crippen LogP contribution >= 0.6 is 11.6 Å². The second-order valence-electron chi connectivity index (χ2n) is 10.3. The first-order valence-electron chi connectivity index (χ1n) is 13.1. The van der Waals surface area contributed by atoms with Gasteiger partial charge in [0.1, 0.15) is 18.1 Å². The number of amides is 1. The Bertz CT molecular complexity index is 1520. The third-order valence-corrected chi connectivity index (χ3v) is 8.39. The van der Waals surface area contributed by atoms with E-state index in [1.807, 2.05) is 18.3 Å². The zero-order valence-electron chi connectivity index (χ0n) is 20.5. The molecule has 1 aliphatic carbocycles. The molecular formula is C29H28ClN5O2. The molecule has 7 rings (SSSR count). The highest BCUT2D eigenvalue weighted by atomic mass is 35.5. The van der Waals surface area contributed by atoms with Gasteiger partial charge in [0.25, 0.3) is 5.91 Å². The summed E-state index contributed by atoms with van der Waals surface area (Å²) in [4.78, 5) is 19.6. The van der Waals surface area contributed by atoms with E-state index < -0.39 is 0 Å². The average molecular weight is 514 g/mol. The molecule has 2 aliphatic heterocycles. The number of halogens is 1. The van der Waals surface area contributed by atoms with E-state index in [1.54, 1.807) is 6.07 Å². The number of H-pyrrole nitrogens is 1. The molecule has 2 N–H and O–H groups in total. The van der Waals surface area contributed by atoms with Gasteiger partial charge < -0.3 is 10.1 Å². The van der Waals surface area contributed by atoms with Gasteiger partial charge in [0.15, 0.2) is 5.65 Å². The zero-order valence-corrected chi connectivity index (χ0v) is 21.3. The minimum atomic E-state index is -0.120. The van der Waals surface area contributed by atoms with Crippen LogP contribution in [0.25, 0.3) is 33.4 Å². The molecule has 1 fully saturated rings. The fraction of sp³-hybridized carbons (Fsp3) is 0.345. The monoisotopic (exact) mass is 513 g/mol. The Labute approximate surface area is 220 Å². The quantitative estimate of drug-likeness (QED) is 0.385. The Balaban J connectivity index is 1.23. The van der Waals surface area contributed by atoms with Gasteiger partial charge in [-0.15, -0.1) is 0 Å². The van der Waals surface area contributed by atoms with Crippen LogP contribution in [-0.4, -0.2) is 51.7 Å². The van der Waals surface area contributed by atoms with Crippen molar-refractivity contribution in [2.75, 3.05) is 19.7 Å². The predicted molar refractivity (Wildman–Crippen MR) is 144 cm³/mol. The number of nitrogens with zero attached hydrogens (tertiary/aromatic N) is 3. The van der Waals surface area contributed by atoms with Crippen molar-refractivity contribution < 1.29 is 9.53 Å². The number of benzene rings is 2. The van der Waals surface area contributed by atoms with Crippen molar-refractivity contribution in [3.63, 3.8) is 0 Å². The third-order valence-electron chi connectivity index (χ3n) is 8.05. The van der Waals surface area contributed by atoms with Crippen molar-refractivity contribution in [1.82, 2.24) is 25.4 Å². The molecule has 0 radical (unpaired) electrons. The van der Waals surface area contributed by atoms with Crippen LogP contribution in [0.5, 0.6) is 5.75 Å². The number of aromatic amines is 1. The van der Waals surface area contributed by atoms with E-state index in [1.165, 1.54) is 36.8 Å². The molecule has 7 nitrogen and oxygen atoms in total. The van der Waals surface area contributed by atoms with Crippen LogP contribution in [-0.2, 0) is 13.0 Å². The second-order valence-corrected chi connectivity index (χ2v) is 10.7. The van der Waals surface area contributed by atoms with Crippen molar-refractivity contribution in [3.05, 3.63) is 64.3 Å². The largest absolute Gasteiger partial charge is 0.491 e. The third kappa shape index (κ3) is 4.06. The van der Waals surface area contributed by atoms with Gasteiger partial charge in [-0.1, -0.05) is 36.6 Å². The fourth-order valence-corrected chi connectivity index (χ4v) is 6.37. The fourth-order valence-electron chi connectivity index (χ4n) is 6.07. The number of aromatic nitrogens is 3. The van der Waals surface area contributed by atoms with Gasteiger partial charge in [0.2, 0.25) is 0 Å². The average Bonchev–Trinajstić information content (AvgIpc) is 3.57. The van der Waals surface area contributed by atoms with Crippen LogP contribution in [0.2, 0.25) is 5.02 Å². The maximum atomic E-state index is 12.3. The minimum Gasteiger partial charge on any atom is -0.491 e. The Morgan fingerprint density at radius 2 is 1.95 bits per heavy atom. The first-order valence-corrected chi connectivity index (χ1v) is 13.5. The van der Waals surface area contributed by atoms with Gasteiger partial charge in [-0.25, -0.2) is 4.98 Å². The van der Waals surface area contributed by atoms with Crippen LogP contribution in [0.3, 0.4) is 0 Å². The molecule has 2 aromatic carbocycles. The van der Waals surface area contributed by atoms with Crippen LogP contribution < -0.4 is 10.1 Å². The number of ether oxygens (including phenoxy) is 1. The summed E-state index contributed by atoms with van der Waals surface area (Å²) in [5.74, 6) is 0.450. The van der Waals surface area contributed by atoms with Crippen molar-refractivity contribution in [2.24, 2.45) is 0 Å². The number of fused-ring (bicyclic) bond motifs is 3. The summed E-state index contributed by atoms with van der Waals surface area (Å²) in [5.41, 5.74) is 7.58. The topological polar surface area (TPSA) is 83.1 Å². The van der Waals surface area contributed by atoms with E-state index in [0.29, 0.717) is 36.2 Å². The molecule has 3 aliphatic rings. The summed E-state index contributed by atoms with van der Waals surface area (Å²) >= 11 is 6.87. The van der Waals surface area contributed by atoms with E-state index >= 15 is 0 Å². The molecule has 0 spiro atoms. The second kappa shape index (κ2) is 9.15. The van der Waals surface area contributed by atoms with Crippen LogP contribution in [0.15, 0.2) is 42.6 Å². The number of pyridine rings is 1. The molecular weight excluding hydrogens is 486 g/mol. The maximum Gasteiger partial charge on any atom is 0.255 e. The van der Waals surface area contributed by atoms with Crippen LogP contribution in [0.1, 0.15) is 47.2 Å². The summed E-state index contributed by atoms with van der Waals surface area (Å²) < 4.78 is 5.81. The Morgan fingerprint density at radius 3 is 2.84 bits per heavy atom. The number of carbonyl (C=O) groups excluding carboxylic acids is 1. The molecule has 0 unspecified atom stereocenters. The standard InChI is InChI=1S/C29H28ClN5O2/c30-25-13-19(11-17-7-9-35(16-24(17)25)21-3-1-2-4-21)20-12-23-27(33-34-28(23)32-15-20)18-5-6-22-26(14-18)37-10-8-31-29(22)36/h5-6,11-15,21H,1-4,7-10,16H2,(H,31,36)(H,32,33,34). The lowest BCUT2D eigenvalue weighted by Gasteiger charge is -2.34. The number of hydrogen-bond donors (Lipinski definition) is 2.